The highest BCUT2D eigenvalue weighted by molar-refractivity contribution is 5.53. The van der Waals surface area contributed by atoms with Crippen LogP contribution in [0.2, 0.25) is 0 Å². The van der Waals surface area contributed by atoms with E-state index < -0.39 is 5.82 Å². The van der Waals surface area contributed by atoms with E-state index in [9.17, 15) is 8.78 Å². The minimum Gasteiger partial charge on any atom is -0.367 e. The third-order valence-electron chi connectivity index (χ3n) is 5.40. The van der Waals surface area contributed by atoms with Crippen molar-refractivity contribution < 1.29 is 8.78 Å². The van der Waals surface area contributed by atoms with Crippen molar-refractivity contribution in [1.82, 2.24) is 19.7 Å². The average Bonchev–Trinajstić information content (AvgIpc) is 3.13. The molecule has 1 atom stereocenters. The standard InChI is InChI=1S/C24H29F2N5/c1-6-18-11-22(30-31(18)14-17-9-7-8-10-20(17)25)24-28-13-21(26)23(29-24)27-12-19(15(2)3)16(4)5/h7-11,13,16,19H,2,6,12,14H2,1,3-5H3,(H,27,28,29). The summed E-state index contributed by atoms with van der Waals surface area (Å²) < 4.78 is 30.2. The van der Waals surface area contributed by atoms with Crippen molar-refractivity contribution in [2.75, 3.05) is 11.9 Å². The maximum Gasteiger partial charge on any atom is 0.183 e. The highest BCUT2D eigenvalue weighted by atomic mass is 19.1. The Hall–Kier alpha value is -3.09. The van der Waals surface area contributed by atoms with E-state index in [1.165, 1.54) is 6.07 Å². The summed E-state index contributed by atoms with van der Waals surface area (Å²) in [7, 11) is 0. The molecule has 3 aromatic rings. The van der Waals surface area contributed by atoms with Gasteiger partial charge in [0.2, 0.25) is 0 Å². The molecule has 2 aromatic heterocycles. The Morgan fingerprint density at radius 2 is 1.94 bits per heavy atom. The Morgan fingerprint density at radius 3 is 2.58 bits per heavy atom. The molecular formula is C24H29F2N5. The lowest BCUT2D eigenvalue weighted by molar-refractivity contribution is 0.462. The van der Waals surface area contributed by atoms with E-state index in [2.05, 4.69) is 40.8 Å². The maximum atomic E-state index is 14.3. The monoisotopic (exact) mass is 425 g/mol. The number of aryl methyl sites for hydroxylation is 1. The van der Waals surface area contributed by atoms with Gasteiger partial charge in [0.15, 0.2) is 17.5 Å². The molecular weight excluding hydrogens is 396 g/mol. The van der Waals surface area contributed by atoms with Crippen LogP contribution in [0.1, 0.15) is 39.0 Å². The van der Waals surface area contributed by atoms with Crippen LogP contribution in [0.4, 0.5) is 14.6 Å². The number of nitrogens with zero attached hydrogens (tertiary/aromatic N) is 4. The third kappa shape index (κ3) is 5.34. The summed E-state index contributed by atoms with van der Waals surface area (Å²) in [6.45, 7) is 13.1. The van der Waals surface area contributed by atoms with Crippen LogP contribution in [-0.2, 0) is 13.0 Å². The molecule has 7 heteroatoms. The van der Waals surface area contributed by atoms with Gasteiger partial charge >= 0.3 is 0 Å². The molecule has 164 valence electrons. The summed E-state index contributed by atoms with van der Waals surface area (Å²) in [6.07, 6.45) is 1.86. The van der Waals surface area contributed by atoms with Crippen molar-refractivity contribution in [2.24, 2.45) is 11.8 Å². The Morgan fingerprint density at radius 1 is 1.19 bits per heavy atom. The Labute approximate surface area is 182 Å². The molecule has 0 aliphatic rings. The molecule has 0 spiro atoms. The lowest BCUT2D eigenvalue weighted by Gasteiger charge is -2.22. The van der Waals surface area contributed by atoms with E-state index in [1.807, 2.05) is 19.9 Å². The van der Waals surface area contributed by atoms with Gasteiger partial charge in [-0.3, -0.25) is 4.68 Å². The van der Waals surface area contributed by atoms with Crippen molar-refractivity contribution in [2.45, 2.75) is 40.7 Å². The average molecular weight is 426 g/mol. The summed E-state index contributed by atoms with van der Waals surface area (Å²) in [4.78, 5) is 8.50. The number of anilines is 1. The Bertz CT molecular complexity index is 1060. The van der Waals surface area contributed by atoms with Crippen LogP contribution in [0.25, 0.3) is 11.5 Å². The number of halogens is 2. The van der Waals surface area contributed by atoms with Gasteiger partial charge in [0.1, 0.15) is 11.5 Å². The minimum absolute atomic E-state index is 0.138. The second kappa shape index (κ2) is 9.81. The molecule has 0 saturated heterocycles. The van der Waals surface area contributed by atoms with Crippen LogP contribution < -0.4 is 5.32 Å². The smallest absolute Gasteiger partial charge is 0.183 e. The number of hydrogen-bond acceptors (Lipinski definition) is 4. The van der Waals surface area contributed by atoms with Crippen LogP contribution in [0.5, 0.6) is 0 Å². The van der Waals surface area contributed by atoms with E-state index in [0.717, 1.165) is 17.5 Å². The molecule has 0 amide bonds. The van der Waals surface area contributed by atoms with Gasteiger partial charge in [0, 0.05) is 17.8 Å². The number of nitrogens with one attached hydrogen (secondary N) is 1. The van der Waals surface area contributed by atoms with E-state index in [1.54, 1.807) is 22.9 Å². The maximum absolute atomic E-state index is 14.3. The Balaban J connectivity index is 1.86. The second-order valence-electron chi connectivity index (χ2n) is 8.09. The van der Waals surface area contributed by atoms with Gasteiger partial charge < -0.3 is 5.32 Å². The predicted molar refractivity (Wildman–Crippen MR) is 120 cm³/mol. The van der Waals surface area contributed by atoms with E-state index in [4.69, 9.17) is 0 Å². The zero-order chi connectivity index (χ0) is 22.5. The molecule has 31 heavy (non-hydrogen) atoms. The van der Waals surface area contributed by atoms with Crippen molar-refractivity contribution in [3.05, 3.63) is 71.6 Å². The quantitative estimate of drug-likeness (QED) is 0.461. The van der Waals surface area contributed by atoms with Gasteiger partial charge in [-0.25, -0.2) is 18.7 Å². The molecule has 1 unspecified atom stereocenters. The molecule has 1 N–H and O–H groups in total. The van der Waals surface area contributed by atoms with Crippen LogP contribution in [0.3, 0.4) is 0 Å². The van der Waals surface area contributed by atoms with Gasteiger partial charge in [-0.05, 0) is 37.3 Å². The van der Waals surface area contributed by atoms with Crippen molar-refractivity contribution in [3.63, 3.8) is 0 Å². The lowest BCUT2D eigenvalue weighted by Crippen LogP contribution is -2.21. The van der Waals surface area contributed by atoms with Crippen LogP contribution in [-0.4, -0.2) is 26.3 Å². The molecule has 0 radical (unpaired) electrons. The first-order chi connectivity index (χ1) is 14.8. The van der Waals surface area contributed by atoms with Gasteiger partial charge in [-0.1, -0.05) is 51.1 Å². The normalized spacial score (nSPS) is 12.2. The number of aromatic nitrogens is 4. The summed E-state index contributed by atoms with van der Waals surface area (Å²) in [5.41, 5.74) is 3.03. The second-order valence-corrected chi connectivity index (χ2v) is 8.09. The van der Waals surface area contributed by atoms with E-state index in [0.29, 0.717) is 42.5 Å². The highest BCUT2D eigenvalue weighted by Gasteiger charge is 2.18. The molecule has 5 nitrogen and oxygen atoms in total. The topological polar surface area (TPSA) is 55.6 Å². The summed E-state index contributed by atoms with van der Waals surface area (Å²) in [5.74, 6) is 0.235. The zero-order valence-corrected chi connectivity index (χ0v) is 18.5. The molecule has 0 bridgehead atoms. The summed E-state index contributed by atoms with van der Waals surface area (Å²) in [6, 6.07) is 8.49. The van der Waals surface area contributed by atoms with Crippen molar-refractivity contribution in [1.29, 1.82) is 0 Å². The van der Waals surface area contributed by atoms with E-state index >= 15 is 0 Å². The van der Waals surface area contributed by atoms with Gasteiger partial charge in [-0.2, -0.15) is 5.10 Å². The minimum atomic E-state index is -0.519. The molecule has 3 rings (SSSR count). The predicted octanol–water partition coefficient (Wildman–Crippen LogP) is 5.49. The highest BCUT2D eigenvalue weighted by Crippen LogP contribution is 2.23. The van der Waals surface area contributed by atoms with Crippen LogP contribution in [0, 0.1) is 23.5 Å². The Kier molecular flexibility index (Phi) is 7.15. The largest absolute Gasteiger partial charge is 0.367 e. The van der Waals surface area contributed by atoms with Crippen molar-refractivity contribution >= 4 is 5.82 Å². The van der Waals surface area contributed by atoms with Crippen LogP contribution >= 0.6 is 0 Å². The summed E-state index contributed by atoms with van der Waals surface area (Å²) in [5, 5.41) is 7.67. The number of benzene rings is 1. The van der Waals surface area contributed by atoms with E-state index in [-0.39, 0.29) is 17.6 Å². The first kappa shape index (κ1) is 22.6. The summed E-state index contributed by atoms with van der Waals surface area (Å²) >= 11 is 0. The van der Waals surface area contributed by atoms with Gasteiger partial charge in [-0.15, -0.1) is 0 Å². The molecule has 0 aliphatic heterocycles. The fraction of sp³-hybridized carbons (Fsp3) is 0.375. The third-order valence-corrected chi connectivity index (χ3v) is 5.40. The first-order valence-corrected chi connectivity index (χ1v) is 10.5. The lowest BCUT2D eigenvalue weighted by atomic mass is 9.90. The van der Waals surface area contributed by atoms with Crippen molar-refractivity contribution in [3.8, 4) is 11.5 Å². The SMILES string of the molecule is C=C(C)C(CNc1nc(-c2cc(CC)n(Cc3ccccc3F)n2)ncc1F)C(C)C. The fourth-order valence-corrected chi connectivity index (χ4v) is 3.57. The zero-order valence-electron chi connectivity index (χ0n) is 18.5. The van der Waals surface area contributed by atoms with Gasteiger partial charge in [0.05, 0.1) is 12.7 Å². The number of rotatable bonds is 9. The molecule has 0 saturated carbocycles. The molecule has 1 aromatic carbocycles. The first-order valence-electron chi connectivity index (χ1n) is 10.5. The van der Waals surface area contributed by atoms with Gasteiger partial charge in [0.25, 0.3) is 0 Å². The number of hydrogen-bond donors (Lipinski definition) is 1. The molecule has 0 fully saturated rings. The molecule has 0 aliphatic carbocycles. The molecule has 2 heterocycles. The van der Waals surface area contributed by atoms with Crippen LogP contribution in [0.15, 0.2) is 48.7 Å². The fourth-order valence-electron chi connectivity index (χ4n) is 3.57.